The second-order valence-corrected chi connectivity index (χ2v) is 3.83. The van der Waals surface area contributed by atoms with Crippen molar-refractivity contribution < 1.29 is 14.3 Å². The Morgan fingerprint density at radius 3 is 2.94 bits per heavy atom. The number of hydrogen-bond acceptors (Lipinski definition) is 5. The fourth-order valence-electron chi connectivity index (χ4n) is 1.87. The van der Waals surface area contributed by atoms with Gasteiger partial charge in [-0.1, -0.05) is 6.07 Å². The Balaban J connectivity index is 2.09. The number of fused-ring (bicyclic) bond motifs is 1. The third-order valence-corrected chi connectivity index (χ3v) is 2.74. The van der Waals surface area contributed by atoms with Gasteiger partial charge in [-0.25, -0.2) is 0 Å². The highest BCUT2D eigenvalue weighted by Gasteiger charge is 2.23. The van der Waals surface area contributed by atoms with Crippen LogP contribution in [0.4, 0.5) is 5.69 Å². The molecule has 5 heteroatoms. The summed E-state index contributed by atoms with van der Waals surface area (Å²) in [5.41, 5.74) is 6.95. The number of nitrogens with zero attached hydrogens (tertiary/aromatic N) is 1. The number of nitrogen functional groups attached to an aromatic ring is 1. The van der Waals surface area contributed by atoms with Crippen molar-refractivity contribution in [3.05, 3.63) is 47.8 Å². The molecule has 0 bridgehead atoms. The molecule has 2 heterocycles. The third-order valence-electron chi connectivity index (χ3n) is 2.74. The molecular weight excluding hydrogens is 232 g/mol. The van der Waals surface area contributed by atoms with Crippen LogP contribution in [0.3, 0.4) is 0 Å². The molecule has 2 aromatic rings. The Hall–Kier alpha value is -2.56. The zero-order valence-corrected chi connectivity index (χ0v) is 9.42. The normalized spacial score (nSPS) is 12.4. The highest BCUT2D eigenvalue weighted by molar-refractivity contribution is 6.13. The number of rotatable bonds is 2. The summed E-state index contributed by atoms with van der Waals surface area (Å²) in [5.74, 6) is 0.851. The monoisotopic (exact) mass is 242 g/mol. The molecule has 0 saturated heterocycles. The Kier molecular flexibility index (Phi) is 2.37. The number of hydrogen-bond donors (Lipinski definition) is 1. The van der Waals surface area contributed by atoms with Crippen LogP contribution in [-0.4, -0.2) is 17.6 Å². The number of nitrogens with two attached hydrogens (primary N) is 1. The van der Waals surface area contributed by atoms with Gasteiger partial charge in [0.25, 0.3) is 0 Å². The van der Waals surface area contributed by atoms with Crippen molar-refractivity contribution in [3.63, 3.8) is 0 Å². The molecule has 0 saturated carbocycles. The number of anilines is 1. The molecule has 1 aromatic carbocycles. The highest BCUT2D eigenvalue weighted by Crippen LogP contribution is 2.36. The fourth-order valence-corrected chi connectivity index (χ4v) is 1.87. The minimum Gasteiger partial charge on any atom is -0.454 e. The lowest BCUT2D eigenvalue weighted by molar-refractivity contribution is 0.103. The van der Waals surface area contributed by atoms with Gasteiger partial charge in [0.2, 0.25) is 6.79 Å². The molecule has 0 aliphatic carbocycles. The molecule has 0 amide bonds. The Morgan fingerprint density at radius 2 is 2.11 bits per heavy atom. The van der Waals surface area contributed by atoms with E-state index in [2.05, 4.69) is 4.98 Å². The van der Waals surface area contributed by atoms with Crippen molar-refractivity contribution in [2.24, 2.45) is 0 Å². The molecule has 18 heavy (non-hydrogen) atoms. The average Bonchev–Trinajstić information content (AvgIpc) is 2.86. The van der Waals surface area contributed by atoms with Crippen LogP contribution in [0.25, 0.3) is 0 Å². The summed E-state index contributed by atoms with van der Waals surface area (Å²) in [6.07, 6.45) is 2.98. The molecule has 0 fully saturated rings. The second kappa shape index (κ2) is 4.03. The second-order valence-electron chi connectivity index (χ2n) is 3.83. The van der Waals surface area contributed by atoms with Crippen LogP contribution in [0, 0.1) is 0 Å². The van der Waals surface area contributed by atoms with Gasteiger partial charge in [0.1, 0.15) is 0 Å². The smallest absolute Gasteiger partial charge is 0.231 e. The van der Waals surface area contributed by atoms with E-state index in [4.69, 9.17) is 15.2 Å². The quantitative estimate of drug-likeness (QED) is 0.810. The van der Waals surface area contributed by atoms with Crippen LogP contribution in [-0.2, 0) is 0 Å². The van der Waals surface area contributed by atoms with Gasteiger partial charge in [0, 0.05) is 11.8 Å². The van der Waals surface area contributed by atoms with Crippen molar-refractivity contribution in [2.45, 2.75) is 0 Å². The lowest BCUT2D eigenvalue weighted by atomic mass is 10.0. The zero-order valence-electron chi connectivity index (χ0n) is 9.42. The highest BCUT2D eigenvalue weighted by atomic mass is 16.7. The van der Waals surface area contributed by atoms with E-state index in [1.807, 2.05) is 0 Å². The van der Waals surface area contributed by atoms with Crippen LogP contribution in [0.2, 0.25) is 0 Å². The van der Waals surface area contributed by atoms with E-state index in [9.17, 15) is 4.79 Å². The standard InChI is InChI=1S/C13H10N2O3/c14-10-6-15-5-4-8(10)12(16)9-2-1-3-11-13(9)18-7-17-11/h1-6H,7,14H2. The van der Waals surface area contributed by atoms with Crippen LogP contribution in [0.5, 0.6) is 11.5 Å². The Morgan fingerprint density at radius 1 is 1.22 bits per heavy atom. The molecule has 90 valence electrons. The van der Waals surface area contributed by atoms with E-state index >= 15 is 0 Å². The number of benzene rings is 1. The maximum Gasteiger partial charge on any atom is 0.231 e. The molecule has 5 nitrogen and oxygen atoms in total. The first-order valence-electron chi connectivity index (χ1n) is 5.40. The van der Waals surface area contributed by atoms with Crippen LogP contribution < -0.4 is 15.2 Å². The van der Waals surface area contributed by atoms with Gasteiger partial charge in [-0.05, 0) is 18.2 Å². The summed E-state index contributed by atoms with van der Waals surface area (Å²) in [6.45, 7) is 0.130. The molecule has 1 aliphatic heterocycles. The zero-order chi connectivity index (χ0) is 12.5. The molecule has 1 aliphatic rings. The van der Waals surface area contributed by atoms with E-state index in [-0.39, 0.29) is 12.6 Å². The van der Waals surface area contributed by atoms with Gasteiger partial charge in [0.15, 0.2) is 17.3 Å². The van der Waals surface area contributed by atoms with Gasteiger partial charge in [-0.3, -0.25) is 9.78 Å². The fraction of sp³-hybridized carbons (Fsp3) is 0.0769. The summed E-state index contributed by atoms with van der Waals surface area (Å²) < 4.78 is 10.5. The molecule has 0 spiro atoms. The third kappa shape index (κ3) is 1.57. The summed E-state index contributed by atoms with van der Waals surface area (Å²) >= 11 is 0. The molecule has 2 N–H and O–H groups in total. The molecule has 3 rings (SSSR count). The Labute approximate surface area is 103 Å². The van der Waals surface area contributed by atoms with Crippen molar-refractivity contribution in [2.75, 3.05) is 12.5 Å². The molecule has 1 aromatic heterocycles. The van der Waals surface area contributed by atoms with Crippen LogP contribution >= 0.6 is 0 Å². The number of carbonyl (C=O) groups is 1. The molecular formula is C13H10N2O3. The largest absolute Gasteiger partial charge is 0.454 e. The van der Waals surface area contributed by atoms with Gasteiger partial charge in [0.05, 0.1) is 17.4 Å². The minimum atomic E-state index is -0.197. The van der Waals surface area contributed by atoms with E-state index in [0.29, 0.717) is 28.3 Å². The number of ketones is 1. The average molecular weight is 242 g/mol. The lowest BCUT2D eigenvalue weighted by Gasteiger charge is -2.06. The summed E-state index contributed by atoms with van der Waals surface area (Å²) in [4.78, 5) is 16.2. The summed E-state index contributed by atoms with van der Waals surface area (Å²) in [7, 11) is 0. The number of para-hydroxylation sites is 1. The number of aromatic nitrogens is 1. The molecule has 0 atom stereocenters. The van der Waals surface area contributed by atoms with Crippen molar-refractivity contribution in [1.82, 2.24) is 4.98 Å². The lowest BCUT2D eigenvalue weighted by Crippen LogP contribution is -2.06. The Bertz CT molecular complexity index is 625. The predicted molar refractivity (Wildman–Crippen MR) is 64.6 cm³/mol. The van der Waals surface area contributed by atoms with Crippen molar-refractivity contribution in [1.29, 1.82) is 0 Å². The molecule has 0 unspecified atom stereocenters. The van der Waals surface area contributed by atoms with E-state index < -0.39 is 0 Å². The number of pyridine rings is 1. The van der Waals surface area contributed by atoms with Gasteiger partial charge in [-0.15, -0.1) is 0 Å². The van der Waals surface area contributed by atoms with Gasteiger partial charge >= 0.3 is 0 Å². The SMILES string of the molecule is Nc1cnccc1C(=O)c1cccc2c1OCO2. The first-order valence-corrected chi connectivity index (χ1v) is 5.40. The van der Waals surface area contributed by atoms with Gasteiger partial charge < -0.3 is 15.2 Å². The van der Waals surface area contributed by atoms with Crippen LogP contribution in [0.1, 0.15) is 15.9 Å². The number of ether oxygens (including phenoxy) is 2. The van der Waals surface area contributed by atoms with Gasteiger partial charge in [-0.2, -0.15) is 0 Å². The van der Waals surface area contributed by atoms with Crippen LogP contribution in [0.15, 0.2) is 36.7 Å². The first kappa shape index (κ1) is 10.6. The van der Waals surface area contributed by atoms with E-state index in [1.165, 1.54) is 12.4 Å². The maximum absolute atomic E-state index is 12.4. The first-order chi connectivity index (χ1) is 8.77. The van der Waals surface area contributed by atoms with E-state index in [0.717, 1.165) is 0 Å². The maximum atomic E-state index is 12.4. The topological polar surface area (TPSA) is 74.4 Å². The number of carbonyl (C=O) groups excluding carboxylic acids is 1. The molecule has 0 radical (unpaired) electrons. The minimum absolute atomic E-state index is 0.130. The van der Waals surface area contributed by atoms with E-state index in [1.54, 1.807) is 24.3 Å². The predicted octanol–water partition coefficient (Wildman–Crippen LogP) is 1.62. The van der Waals surface area contributed by atoms with Crippen molar-refractivity contribution in [3.8, 4) is 11.5 Å². The van der Waals surface area contributed by atoms with Crippen molar-refractivity contribution >= 4 is 11.5 Å². The summed E-state index contributed by atoms with van der Waals surface area (Å²) in [6, 6.07) is 6.79. The summed E-state index contributed by atoms with van der Waals surface area (Å²) in [5, 5.41) is 0.